The lowest BCUT2D eigenvalue weighted by Crippen LogP contribution is -2.45. The van der Waals surface area contributed by atoms with Crippen LogP contribution in [-0.2, 0) is 14.3 Å². The first-order valence-electron chi connectivity index (χ1n) is 6.23. The van der Waals surface area contributed by atoms with Gasteiger partial charge in [0.25, 0.3) is 5.91 Å². The lowest BCUT2D eigenvalue weighted by atomic mass is 10.1. The Hall–Kier alpha value is -1.14. The molecule has 1 rings (SSSR count). The van der Waals surface area contributed by atoms with Crippen LogP contribution in [0.25, 0.3) is 0 Å². The summed E-state index contributed by atoms with van der Waals surface area (Å²) in [5.41, 5.74) is 0. The maximum Gasteiger partial charge on any atom is 0.308 e. The van der Waals surface area contributed by atoms with Gasteiger partial charge in [0, 0.05) is 19.7 Å². The lowest BCUT2D eigenvalue weighted by Gasteiger charge is -2.27. The molecule has 1 saturated heterocycles. The lowest BCUT2D eigenvalue weighted by molar-refractivity contribution is -0.147. The highest BCUT2D eigenvalue weighted by molar-refractivity contribution is 5.82. The predicted octanol–water partition coefficient (Wildman–Crippen LogP) is 0.0955. The average Bonchev–Trinajstić information content (AvgIpc) is 2.79. The Kier molecular flexibility index (Phi) is 5.55. The number of hydrogen-bond donors (Lipinski definition) is 2. The first kappa shape index (κ1) is 14.9. The van der Waals surface area contributed by atoms with Crippen molar-refractivity contribution in [2.45, 2.75) is 38.9 Å². The number of aliphatic carboxylic acids is 1. The van der Waals surface area contributed by atoms with Gasteiger partial charge in [-0.2, -0.15) is 0 Å². The van der Waals surface area contributed by atoms with Crippen molar-refractivity contribution in [3.8, 4) is 0 Å². The van der Waals surface area contributed by atoms with Crippen LogP contribution >= 0.6 is 0 Å². The van der Waals surface area contributed by atoms with Crippen molar-refractivity contribution in [3.05, 3.63) is 0 Å². The van der Waals surface area contributed by atoms with Gasteiger partial charge >= 0.3 is 5.97 Å². The Morgan fingerprint density at radius 3 is 2.50 bits per heavy atom. The minimum atomic E-state index is -0.953. The summed E-state index contributed by atoms with van der Waals surface area (Å²) in [6, 6.07) is 0. The number of carbonyl (C=O) groups is 2. The summed E-state index contributed by atoms with van der Waals surface area (Å²) in [5, 5.41) is 18.3. The van der Waals surface area contributed by atoms with Crippen LogP contribution in [0.5, 0.6) is 0 Å². The van der Waals surface area contributed by atoms with Gasteiger partial charge in [0.15, 0.2) is 0 Å². The molecule has 0 aromatic heterocycles. The number of carboxylic acid groups (broad SMARTS) is 1. The van der Waals surface area contributed by atoms with Crippen molar-refractivity contribution in [1.29, 1.82) is 0 Å². The minimum Gasteiger partial charge on any atom is -0.481 e. The zero-order valence-corrected chi connectivity index (χ0v) is 10.8. The molecule has 1 fully saturated rings. The summed E-state index contributed by atoms with van der Waals surface area (Å²) in [4.78, 5) is 24.4. The summed E-state index contributed by atoms with van der Waals surface area (Å²) < 4.78 is 5.30. The van der Waals surface area contributed by atoms with Crippen molar-refractivity contribution in [2.75, 3.05) is 19.7 Å². The Morgan fingerprint density at radius 2 is 2.06 bits per heavy atom. The van der Waals surface area contributed by atoms with Gasteiger partial charge in [-0.05, 0) is 19.8 Å². The van der Waals surface area contributed by atoms with Crippen molar-refractivity contribution in [3.63, 3.8) is 0 Å². The molecule has 18 heavy (non-hydrogen) atoms. The molecule has 2 N–H and O–H groups in total. The minimum absolute atomic E-state index is 0.0962. The topological polar surface area (TPSA) is 87.1 Å². The van der Waals surface area contributed by atoms with E-state index in [1.807, 2.05) is 0 Å². The molecule has 3 atom stereocenters. The largest absolute Gasteiger partial charge is 0.481 e. The maximum atomic E-state index is 12.1. The number of aliphatic hydroxyl groups is 1. The number of nitrogens with zero attached hydrogens (tertiary/aromatic N) is 1. The molecular weight excluding hydrogens is 238 g/mol. The molecule has 0 spiro atoms. The van der Waals surface area contributed by atoms with Gasteiger partial charge < -0.3 is 19.8 Å². The highest BCUT2D eigenvalue weighted by atomic mass is 16.5. The quantitative estimate of drug-likeness (QED) is 0.706. The molecule has 0 aliphatic carbocycles. The van der Waals surface area contributed by atoms with Gasteiger partial charge in [0.2, 0.25) is 0 Å². The third kappa shape index (κ3) is 4.27. The summed E-state index contributed by atoms with van der Waals surface area (Å²) >= 11 is 0. The van der Waals surface area contributed by atoms with Gasteiger partial charge in [-0.1, -0.05) is 6.92 Å². The monoisotopic (exact) mass is 259 g/mol. The van der Waals surface area contributed by atoms with E-state index >= 15 is 0 Å². The molecule has 1 amide bonds. The van der Waals surface area contributed by atoms with E-state index in [4.69, 9.17) is 9.84 Å². The SMILES string of the molecule is CC(O)CN(CC(C)C(=O)O)C(=O)C1CCCO1. The molecule has 0 aromatic rings. The highest BCUT2D eigenvalue weighted by Crippen LogP contribution is 2.16. The third-order valence-electron chi connectivity index (χ3n) is 2.92. The standard InChI is InChI=1S/C12H21NO5/c1-8(12(16)17)6-13(7-9(2)14)11(15)10-4-3-5-18-10/h8-10,14H,3-7H2,1-2H3,(H,16,17). The van der Waals surface area contributed by atoms with Crippen LogP contribution in [0, 0.1) is 5.92 Å². The number of hydrogen-bond acceptors (Lipinski definition) is 4. The Balaban J connectivity index is 2.64. The Labute approximate surface area is 107 Å². The van der Waals surface area contributed by atoms with Crippen LogP contribution in [0.15, 0.2) is 0 Å². The number of carbonyl (C=O) groups excluding carboxylic acids is 1. The first-order valence-corrected chi connectivity index (χ1v) is 6.23. The molecule has 0 radical (unpaired) electrons. The van der Waals surface area contributed by atoms with Gasteiger partial charge in [-0.25, -0.2) is 0 Å². The zero-order valence-electron chi connectivity index (χ0n) is 10.8. The Morgan fingerprint density at radius 1 is 1.39 bits per heavy atom. The number of ether oxygens (including phenoxy) is 1. The normalized spacial score (nSPS) is 22.5. The zero-order chi connectivity index (χ0) is 13.7. The molecule has 6 heteroatoms. The molecule has 3 unspecified atom stereocenters. The van der Waals surface area contributed by atoms with Crippen LogP contribution in [0.1, 0.15) is 26.7 Å². The molecule has 1 aliphatic heterocycles. The fourth-order valence-electron chi connectivity index (χ4n) is 1.96. The molecule has 6 nitrogen and oxygen atoms in total. The van der Waals surface area contributed by atoms with E-state index < -0.39 is 24.1 Å². The molecule has 0 saturated carbocycles. The van der Waals surface area contributed by atoms with Gasteiger partial charge in [-0.3, -0.25) is 9.59 Å². The Bertz CT molecular complexity index is 299. The summed E-state index contributed by atoms with van der Waals surface area (Å²) in [6.07, 6.45) is 0.338. The molecule has 0 aromatic carbocycles. The molecular formula is C12H21NO5. The van der Waals surface area contributed by atoms with E-state index in [9.17, 15) is 14.7 Å². The van der Waals surface area contributed by atoms with Crippen LogP contribution in [0.4, 0.5) is 0 Å². The fraction of sp³-hybridized carbons (Fsp3) is 0.833. The second kappa shape index (κ2) is 6.70. The number of carboxylic acids is 1. The smallest absolute Gasteiger partial charge is 0.308 e. The average molecular weight is 259 g/mol. The van der Waals surface area contributed by atoms with E-state index in [2.05, 4.69) is 0 Å². The molecule has 0 bridgehead atoms. The van der Waals surface area contributed by atoms with E-state index in [0.29, 0.717) is 13.0 Å². The maximum absolute atomic E-state index is 12.1. The second-order valence-electron chi connectivity index (χ2n) is 4.83. The number of amides is 1. The second-order valence-corrected chi connectivity index (χ2v) is 4.83. The summed E-state index contributed by atoms with van der Waals surface area (Å²) in [5.74, 6) is -1.83. The predicted molar refractivity (Wildman–Crippen MR) is 64.0 cm³/mol. The first-order chi connectivity index (χ1) is 8.41. The number of aliphatic hydroxyl groups excluding tert-OH is 1. The van der Waals surface area contributed by atoms with E-state index in [-0.39, 0.29) is 19.0 Å². The molecule has 104 valence electrons. The van der Waals surface area contributed by atoms with E-state index in [0.717, 1.165) is 6.42 Å². The highest BCUT2D eigenvalue weighted by Gasteiger charge is 2.30. The molecule has 1 aliphatic rings. The van der Waals surface area contributed by atoms with Crippen LogP contribution < -0.4 is 0 Å². The summed E-state index contributed by atoms with van der Waals surface area (Å²) in [6.45, 7) is 3.91. The van der Waals surface area contributed by atoms with Crippen molar-refractivity contribution in [2.24, 2.45) is 5.92 Å². The summed E-state index contributed by atoms with van der Waals surface area (Å²) in [7, 11) is 0. The van der Waals surface area contributed by atoms with Gasteiger partial charge in [0.05, 0.1) is 12.0 Å². The third-order valence-corrected chi connectivity index (χ3v) is 2.92. The molecule has 1 heterocycles. The van der Waals surface area contributed by atoms with E-state index in [1.165, 1.54) is 4.90 Å². The van der Waals surface area contributed by atoms with Crippen molar-refractivity contribution < 1.29 is 24.5 Å². The van der Waals surface area contributed by atoms with Crippen molar-refractivity contribution in [1.82, 2.24) is 4.90 Å². The van der Waals surface area contributed by atoms with Gasteiger partial charge in [-0.15, -0.1) is 0 Å². The van der Waals surface area contributed by atoms with E-state index in [1.54, 1.807) is 13.8 Å². The van der Waals surface area contributed by atoms with Crippen molar-refractivity contribution >= 4 is 11.9 Å². The van der Waals surface area contributed by atoms with Crippen LogP contribution in [-0.4, -0.2) is 58.9 Å². The fourth-order valence-corrected chi connectivity index (χ4v) is 1.96. The van der Waals surface area contributed by atoms with Crippen LogP contribution in [0.3, 0.4) is 0 Å². The van der Waals surface area contributed by atoms with Gasteiger partial charge in [0.1, 0.15) is 6.10 Å². The van der Waals surface area contributed by atoms with Crippen LogP contribution in [0.2, 0.25) is 0 Å². The number of rotatable bonds is 6.